The quantitative estimate of drug-likeness (QED) is 0.131. The van der Waals surface area contributed by atoms with E-state index in [1.807, 2.05) is 48.9 Å². The summed E-state index contributed by atoms with van der Waals surface area (Å²) in [5, 5.41) is 12.4. The van der Waals surface area contributed by atoms with Crippen LogP contribution in [0.3, 0.4) is 0 Å². The highest BCUT2D eigenvalue weighted by atomic mass is 35.5. The first kappa shape index (κ1) is 29.9. The van der Waals surface area contributed by atoms with Gasteiger partial charge in [0.15, 0.2) is 0 Å². The van der Waals surface area contributed by atoms with Crippen molar-refractivity contribution in [3.8, 4) is 5.75 Å². The van der Waals surface area contributed by atoms with Crippen LogP contribution in [0.15, 0.2) is 94.1 Å². The van der Waals surface area contributed by atoms with Gasteiger partial charge in [-0.15, -0.1) is 11.8 Å². The van der Waals surface area contributed by atoms with Crippen molar-refractivity contribution in [1.82, 2.24) is 5.32 Å². The van der Waals surface area contributed by atoms with Gasteiger partial charge in [0, 0.05) is 27.2 Å². The van der Waals surface area contributed by atoms with Gasteiger partial charge in [-0.3, -0.25) is 14.4 Å². The summed E-state index contributed by atoms with van der Waals surface area (Å²) in [5.74, 6) is -0.545. The number of carbonyl (C=O) groups excluding carboxylic acids is 3. The van der Waals surface area contributed by atoms with Crippen LogP contribution in [-0.4, -0.2) is 30.1 Å². The number of hydrogen-bond donors (Lipinski definition) is 3. The molecule has 0 bridgehead atoms. The first-order valence-electron chi connectivity index (χ1n) is 12.6. The van der Waals surface area contributed by atoms with Crippen molar-refractivity contribution < 1.29 is 19.1 Å². The number of thioether (sulfide) groups is 1. The van der Waals surface area contributed by atoms with Crippen molar-refractivity contribution >= 4 is 69.9 Å². The molecule has 0 spiro atoms. The molecule has 1 heterocycles. The minimum atomic E-state index is -0.458. The molecule has 41 heavy (non-hydrogen) atoms. The number of rotatable bonds is 10. The molecule has 4 rings (SSSR count). The highest BCUT2D eigenvalue weighted by molar-refractivity contribution is 8.00. The summed E-state index contributed by atoms with van der Waals surface area (Å²) in [5.41, 5.74) is 3.29. The largest absolute Gasteiger partial charge is 0.495 e. The second kappa shape index (κ2) is 14.0. The Morgan fingerprint density at radius 1 is 1.00 bits per heavy atom. The van der Waals surface area contributed by atoms with Crippen LogP contribution in [0, 0.1) is 6.92 Å². The molecule has 4 aromatic rings. The number of anilines is 2. The molecule has 0 saturated carbocycles. The Kier molecular flexibility index (Phi) is 10.2. The van der Waals surface area contributed by atoms with E-state index in [1.165, 1.54) is 30.2 Å². The summed E-state index contributed by atoms with van der Waals surface area (Å²) in [6, 6.07) is 21.1. The average Bonchev–Trinajstić information content (AvgIpc) is 3.49. The van der Waals surface area contributed by atoms with E-state index < -0.39 is 11.2 Å². The Bertz CT molecular complexity index is 1560. The monoisotopic (exact) mass is 605 g/mol. The van der Waals surface area contributed by atoms with E-state index in [9.17, 15) is 14.4 Å². The van der Waals surface area contributed by atoms with E-state index in [2.05, 4.69) is 16.0 Å². The van der Waals surface area contributed by atoms with Crippen molar-refractivity contribution in [3.05, 3.63) is 111 Å². The number of benzene rings is 3. The molecular weight excluding hydrogens is 578 g/mol. The molecule has 0 aliphatic heterocycles. The van der Waals surface area contributed by atoms with Crippen LogP contribution < -0.4 is 20.7 Å². The molecule has 0 saturated heterocycles. The third kappa shape index (κ3) is 8.23. The van der Waals surface area contributed by atoms with E-state index >= 15 is 0 Å². The zero-order valence-electron chi connectivity index (χ0n) is 22.6. The Morgan fingerprint density at radius 3 is 2.39 bits per heavy atom. The lowest BCUT2D eigenvalue weighted by Crippen LogP contribution is -2.30. The first-order chi connectivity index (χ1) is 19.7. The maximum Gasteiger partial charge on any atom is 0.272 e. The van der Waals surface area contributed by atoms with Crippen LogP contribution in [0.2, 0.25) is 5.02 Å². The van der Waals surface area contributed by atoms with Gasteiger partial charge < -0.3 is 20.7 Å². The topological polar surface area (TPSA) is 96.5 Å². The molecule has 7 nitrogen and oxygen atoms in total. The maximum absolute atomic E-state index is 13.2. The molecular formula is C31H28ClN3O4S2. The molecule has 3 amide bonds. The molecule has 0 aliphatic rings. The van der Waals surface area contributed by atoms with Crippen LogP contribution in [0.4, 0.5) is 11.4 Å². The number of halogens is 1. The van der Waals surface area contributed by atoms with Gasteiger partial charge in [-0.25, -0.2) is 0 Å². The summed E-state index contributed by atoms with van der Waals surface area (Å²) in [6.45, 7) is 3.66. The van der Waals surface area contributed by atoms with Gasteiger partial charge in [0.25, 0.3) is 11.8 Å². The van der Waals surface area contributed by atoms with Gasteiger partial charge in [0.1, 0.15) is 11.4 Å². The van der Waals surface area contributed by atoms with Gasteiger partial charge in [-0.05, 0) is 90.3 Å². The molecule has 0 radical (unpaired) electrons. The standard InChI is InChI=1S/C31H28ClN3O4S2/c1-19-15-26(28(39-3)17-25(19)32)34-29(36)20(2)41-24-11-9-23(10-12-24)33-31(38)27(16-21-13-14-40-18-21)35-30(37)22-7-5-4-6-8-22/h4-18,20H,1-3H3,(H,33,38)(H,34,36)(H,35,37)/b27-16-. The average molecular weight is 606 g/mol. The number of thiophene rings is 1. The van der Waals surface area contributed by atoms with Crippen molar-refractivity contribution in [2.45, 2.75) is 24.0 Å². The highest BCUT2D eigenvalue weighted by Crippen LogP contribution is 2.32. The third-order valence-corrected chi connectivity index (χ3v) is 8.14. The maximum atomic E-state index is 13.2. The summed E-state index contributed by atoms with van der Waals surface area (Å²) < 4.78 is 5.35. The van der Waals surface area contributed by atoms with E-state index in [4.69, 9.17) is 16.3 Å². The molecule has 0 fully saturated rings. The molecule has 1 atom stereocenters. The predicted octanol–water partition coefficient (Wildman–Crippen LogP) is 7.25. The lowest BCUT2D eigenvalue weighted by atomic mass is 10.2. The Morgan fingerprint density at radius 2 is 1.73 bits per heavy atom. The Labute approximate surface area is 252 Å². The predicted molar refractivity (Wildman–Crippen MR) is 168 cm³/mol. The van der Waals surface area contributed by atoms with Crippen LogP contribution >= 0.6 is 34.7 Å². The second-order valence-electron chi connectivity index (χ2n) is 8.96. The molecule has 3 N–H and O–H groups in total. The normalized spacial score (nSPS) is 11.9. The van der Waals surface area contributed by atoms with Gasteiger partial charge in [0.2, 0.25) is 5.91 Å². The lowest BCUT2D eigenvalue weighted by molar-refractivity contribution is -0.115. The van der Waals surface area contributed by atoms with Crippen LogP contribution in [-0.2, 0) is 9.59 Å². The number of methoxy groups -OCH3 is 1. The molecule has 0 aliphatic carbocycles. The fourth-order valence-corrected chi connectivity index (χ4v) is 5.34. The number of hydrogen-bond acceptors (Lipinski definition) is 6. The Balaban J connectivity index is 1.40. The van der Waals surface area contributed by atoms with E-state index in [0.717, 1.165) is 16.0 Å². The second-order valence-corrected chi connectivity index (χ2v) is 11.6. The zero-order chi connectivity index (χ0) is 29.4. The number of ether oxygens (including phenoxy) is 1. The molecule has 1 aromatic heterocycles. The highest BCUT2D eigenvalue weighted by Gasteiger charge is 2.18. The van der Waals surface area contributed by atoms with E-state index in [1.54, 1.807) is 54.6 Å². The van der Waals surface area contributed by atoms with Crippen molar-refractivity contribution in [1.29, 1.82) is 0 Å². The van der Waals surface area contributed by atoms with Crippen LogP contribution in [0.5, 0.6) is 5.75 Å². The smallest absolute Gasteiger partial charge is 0.272 e. The van der Waals surface area contributed by atoms with Crippen molar-refractivity contribution in [2.24, 2.45) is 0 Å². The number of aryl methyl sites for hydroxylation is 1. The summed E-state index contributed by atoms with van der Waals surface area (Å²) in [4.78, 5) is 39.6. The van der Waals surface area contributed by atoms with Gasteiger partial charge >= 0.3 is 0 Å². The number of amides is 3. The summed E-state index contributed by atoms with van der Waals surface area (Å²) >= 11 is 9.04. The van der Waals surface area contributed by atoms with Crippen molar-refractivity contribution in [2.75, 3.05) is 17.7 Å². The van der Waals surface area contributed by atoms with Crippen molar-refractivity contribution in [3.63, 3.8) is 0 Å². The van der Waals surface area contributed by atoms with Gasteiger partial charge in [-0.1, -0.05) is 29.8 Å². The fourth-order valence-electron chi connectivity index (χ4n) is 3.70. The fraction of sp³-hybridized carbons (Fsp3) is 0.129. The summed E-state index contributed by atoms with van der Waals surface area (Å²) in [6.07, 6.45) is 1.63. The molecule has 1 unspecified atom stereocenters. The zero-order valence-corrected chi connectivity index (χ0v) is 25.0. The molecule has 210 valence electrons. The summed E-state index contributed by atoms with van der Waals surface area (Å²) in [7, 11) is 1.52. The van der Waals surface area contributed by atoms with E-state index in [-0.39, 0.29) is 17.5 Å². The van der Waals surface area contributed by atoms with Gasteiger partial charge in [-0.2, -0.15) is 11.3 Å². The lowest BCUT2D eigenvalue weighted by Gasteiger charge is -2.16. The van der Waals surface area contributed by atoms with Crippen LogP contribution in [0.25, 0.3) is 6.08 Å². The molecule has 3 aromatic carbocycles. The first-order valence-corrected chi connectivity index (χ1v) is 14.8. The minimum Gasteiger partial charge on any atom is -0.495 e. The number of nitrogens with one attached hydrogen (secondary N) is 3. The van der Waals surface area contributed by atoms with Crippen LogP contribution in [0.1, 0.15) is 28.4 Å². The van der Waals surface area contributed by atoms with Gasteiger partial charge in [0.05, 0.1) is 18.0 Å². The number of carbonyl (C=O) groups is 3. The van der Waals surface area contributed by atoms with E-state index in [0.29, 0.717) is 27.7 Å². The molecule has 10 heteroatoms. The SMILES string of the molecule is COc1cc(Cl)c(C)cc1NC(=O)C(C)Sc1ccc(NC(=O)/C(=C/c2ccsc2)NC(=O)c2ccccc2)cc1. The Hall–Kier alpha value is -4.05. The minimum absolute atomic E-state index is 0.119. The third-order valence-electron chi connectivity index (χ3n) is 5.92.